The van der Waals surface area contributed by atoms with Crippen molar-refractivity contribution >= 4 is 21.6 Å². The van der Waals surface area contributed by atoms with Gasteiger partial charge in [0.1, 0.15) is 5.75 Å². The molecular formula is C10H14BrN3O. The van der Waals surface area contributed by atoms with Gasteiger partial charge in [0.2, 0.25) is 0 Å². The van der Waals surface area contributed by atoms with Gasteiger partial charge in [0, 0.05) is 35.7 Å². The molecule has 1 fully saturated rings. The van der Waals surface area contributed by atoms with Crippen LogP contribution in [0.4, 0.5) is 5.69 Å². The highest BCUT2D eigenvalue weighted by atomic mass is 79.9. The zero-order chi connectivity index (χ0) is 10.8. The van der Waals surface area contributed by atoms with E-state index in [0.717, 1.165) is 29.7 Å². The molecule has 4 nitrogen and oxygen atoms in total. The van der Waals surface area contributed by atoms with Gasteiger partial charge in [-0.2, -0.15) is 0 Å². The van der Waals surface area contributed by atoms with Crippen molar-refractivity contribution in [3.05, 3.63) is 22.2 Å². The Hall–Kier alpha value is -0.780. The lowest BCUT2D eigenvalue weighted by Gasteiger charge is -2.26. The molecule has 1 aromatic rings. The molecule has 2 rings (SSSR count). The lowest BCUT2D eigenvalue weighted by Crippen LogP contribution is -2.42. The van der Waals surface area contributed by atoms with Gasteiger partial charge in [-0.15, -0.1) is 0 Å². The summed E-state index contributed by atoms with van der Waals surface area (Å²) in [5, 5.41) is 16.5. The third-order valence-corrected chi connectivity index (χ3v) is 3.28. The van der Waals surface area contributed by atoms with Crippen molar-refractivity contribution in [3.8, 4) is 5.75 Å². The quantitative estimate of drug-likeness (QED) is 0.454. The SMILES string of the molecule is Nc1ccc(Br)c([C@@H]2CNCCN2)c1O. The molecule has 0 bridgehead atoms. The summed E-state index contributed by atoms with van der Waals surface area (Å²) in [5.74, 6) is 0.172. The van der Waals surface area contributed by atoms with Crippen LogP contribution in [0.2, 0.25) is 0 Å². The Labute approximate surface area is 97.0 Å². The minimum atomic E-state index is 0.108. The summed E-state index contributed by atoms with van der Waals surface area (Å²) in [5.41, 5.74) is 6.93. The highest BCUT2D eigenvalue weighted by molar-refractivity contribution is 9.10. The van der Waals surface area contributed by atoms with E-state index in [0.29, 0.717) is 5.69 Å². The lowest BCUT2D eigenvalue weighted by atomic mass is 10.0. The van der Waals surface area contributed by atoms with Crippen LogP contribution in [-0.4, -0.2) is 24.7 Å². The van der Waals surface area contributed by atoms with Crippen molar-refractivity contribution in [2.24, 2.45) is 0 Å². The Morgan fingerprint density at radius 2 is 2.20 bits per heavy atom. The Balaban J connectivity index is 2.36. The second kappa shape index (κ2) is 4.38. The van der Waals surface area contributed by atoms with Crippen LogP contribution in [-0.2, 0) is 0 Å². The van der Waals surface area contributed by atoms with Crippen molar-refractivity contribution in [1.82, 2.24) is 10.6 Å². The zero-order valence-corrected chi connectivity index (χ0v) is 9.84. The second-order valence-electron chi connectivity index (χ2n) is 3.61. The fourth-order valence-corrected chi connectivity index (χ4v) is 2.39. The monoisotopic (exact) mass is 271 g/mol. The van der Waals surface area contributed by atoms with E-state index < -0.39 is 0 Å². The smallest absolute Gasteiger partial charge is 0.144 e. The van der Waals surface area contributed by atoms with E-state index in [1.807, 2.05) is 6.07 Å². The number of piperazine rings is 1. The topological polar surface area (TPSA) is 70.3 Å². The minimum absolute atomic E-state index is 0.108. The normalized spacial score (nSPS) is 21.5. The number of nitrogen functional groups attached to an aromatic ring is 1. The number of hydrogen-bond acceptors (Lipinski definition) is 4. The molecule has 1 aromatic carbocycles. The van der Waals surface area contributed by atoms with Crippen molar-refractivity contribution in [1.29, 1.82) is 0 Å². The van der Waals surface area contributed by atoms with Crippen LogP contribution in [0.1, 0.15) is 11.6 Å². The maximum absolute atomic E-state index is 9.91. The van der Waals surface area contributed by atoms with Crippen LogP contribution in [0.5, 0.6) is 5.75 Å². The number of hydrogen-bond donors (Lipinski definition) is 4. The third-order valence-electron chi connectivity index (χ3n) is 2.58. The average Bonchev–Trinajstić information content (AvgIpc) is 2.26. The number of aromatic hydroxyl groups is 1. The van der Waals surface area contributed by atoms with E-state index in [2.05, 4.69) is 26.6 Å². The van der Waals surface area contributed by atoms with Crippen LogP contribution < -0.4 is 16.4 Å². The standard InChI is InChI=1S/C10H14BrN3O/c11-6-1-2-7(12)10(15)9(6)8-5-13-3-4-14-8/h1-2,8,13-15H,3-5,12H2/t8-/m0/s1. The Morgan fingerprint density at radius 1 is 1.40 bits per heavy atom. The maximum Gasteiger partial charge on any atom is 0.144 e. The van der Waals surface area contributed by atoms with Gasteiger partial charge in [-0.3, -0.25) is 0 Å². The van der Waals surface area contributed by atoms with Crippen molar-refractivity contribution < 1.29 is 5.11 Å². The van der Waals surface area contributed by atoms with Crippen LogP contribution in [0.15, 0.2) is 16.6 Å². The Kier molecular flexibility index (Phi) is 3.14. The summed E-state index contributed by atoms with van der Waals surface area (Å²) in [6.07, 6.45) is 0. The first-order valence-electron chi connectivity index (χ1n) is 4.91. The number of rotatable bonds is 1. The molecule has 0 amide bonds. The summed E-state index contributed by atoms with van der Waals surface area (Å²) in [6.45, 7) is 2.65. The molecule has 0 unspecified atom stereocenters. The number of benzene rings is 1. The molecule has 0 radical (unpaired) electrons. The highest BCUT2D eigenvalue weighted by Gasteiger charge is 2.21. The van der Waals surface area contributed by atoms with Gasteiger partial charge in [-0.25, -0.2) is 0 Å². The van der Waals surface area contributed by atoms with Gasteiger partial charge in [-0.05, 0) is 12.1 Å². The third kappa shape index (κ3) is 2.09. The highest BCUT2D eigenvalue weighted by Crippen LogP contribution is 2.36. The van der Waals surface area contributed by atoms with Crippen molar-refractivity contribution in [2.45, 2.75) is 6.04 Å². The molecule has 1 aliphatic rings. The summed E-state index contributed by atoms with van der Waals surface area (Å²) >= 11 is 3.43. The molecule has 1 saturated heterocycles. The van der Waals surface area contributed by atoms with E-state index in [-0.39, 0.29) is 11.8 Å². The molecule has 0 spiro atoms. The van der Waals surface area contributed by atoms with Crippen LogP contribution >= 0.6 is 15.9 Å². The van der Waals surface area contributed by atoms with E-state index in [9.17, 15) is 5.11 Å². The number of nitrogens with one attached hydrogen (secondary N) is 2. The van der Waals surface area contributed by atoms with Crippen LogP contribution in [0.3, 0.4) is 0 Å². The van der Waals surface area contributed by atoms with E-state index in [1.165, 1.54) is 0 Å². The van der Waals surface area contributed by atoms with E-state index >= 15 is 0 Å². The lowest BCUT2D eigenvalue weighted by molar-refractivity contribution is 0.404. The van der Waals surface area contributed by atoms with Gasteiger partial charge < -0.3 is 21.5 Å². The van der Waals surface area contributed by atoms with Crippen molar-refractivity contribution in [2.75, 3.05) is 25.4 Å². The molecule has 15 heavy (non-hydrogen) atoms. The summed E-state index contributed by atoms with van der Waals surface area (Å²) in [6, 6.07) is 3.66. The summed E-state index contributed by atoms with van der Waals surface area (Å²) < 4.78 is 0.885. The first kappa shape index (κ1) is 10.7. The molecule has 5 N–H and O–H groups in total. The number of anilines is 1. The number of phenolic OH excluding ortho intramolecular Hbond substituents is 1. The predicted molar refractivity (Wildman–Crippen MR) is 63.8 cm³/mol. The fraction of sp³-hybridized carbons (Fsp3) is 0.400. The summed E-state index contributed by atoms with van der Waals surface area (Å²) in [4.78, 5) is 0. The molecule has 0 aliphatic carbocycles. The second-order valence-corrected chi connectivity index (χ2v) is 4.46. The molecule has 5 heteroatoms. The first-order chi connectivity index (χ1) is 7.20. The van der Waals surface area contributed by atoms with Gasteiger partial charge in [0.15, 0.2) is 0 Å². The van der Waals surface area contributed by atoms with Gasteiger partial charge in [-0.1, -0.05) is 15.9 Å². The van der Waals surface area contributed by atoms with E-state index in [4.69, 9.17) is 5.73 Å². The first-order valence-corrected chi connectivity index (χ1v) is 5.70. The molecule has 0 aromatic heterocycles. The van der Waals surface area contributed by atoms with Gasteiger partial charge >= 0.3 is 0 Å². The molecule has 82 valence electrons. The molecule has 0 saturated carbocycles. The Morgan fingerprint density at radius 3 is 2.87 bits per heavy atom. The predicted octanol–water partition coefficient (Wildman–Crippen LogP) is 0.971. The van der Waals surface area contributed by atoms with Crippen molar-refractivity contribution in [3.63, 3.8) is 0 Å². The molecule has 1 heterocycles. The van der Waals surface area contributed by atoms with E-state index in [1.54, 1.807) is 6.07 Å². The molecular weight excluding hydrogens is 258 g/mol. The minimum Gasteiger partial charge on any atom is -0.505 e. The molecule has 1 atom stereocenters. The zero-order valence-electron chi connectivity index (χ0n) is 8.26. The number of phenols is 1. The van der Waals surface area contributed by atoms with Gasteiger partial charge in [0.05, 0.1) is 5.69 Å². The largest absolute Gasteiger partial charge is 0.505 e. The molecule has 1 aliphatic heterocycles. The Bertz CT molecular complexity index is 364. The van der Waals surface area contributed by atoms with Crippen LogP contribution in [0, 0.1) is 0 Å². The fourth-order valence-electron chi connectivity index (χ4n) is 1.79. The van der Waals surface area contributed by atoms with Gasteiger partial charge in [0.25, 0.3) is 0 Å². The number of nitrogens with two attached hydrogens (primary N) is 1. The summed E-state index contributed by atoms with van der Waals surface area (Å²) in [7, 11) is 0. The maximum atomic E-state index is 9.91. The van der Waals surface area contributed by atoms with Crippen LogP contribution in [0.25, 0.3) is 0 Å². The average molecular weight is 272 g/mol. The number of halogens is 1.